The molecule has 0 atom stereocenters. The van der Waals surface area contributed by atoms with Crippen LogP contribution in [0, 0.1) is 17.0 Å². The lowest BCUT2D eigenvalue weighted by Crippen LogP contribution is -2.08. The minimum absolute atomic E-state index is 0.0563. The van der Waals surface area contributed by atoms with Crippen LogP contribution in [-0.4, -0.2) is 32.5 Å². The second kappa shape index (κ2) is 5.72. The highest BCUT2D eigenvalue weighted by Gasteiger charge is 2.16. The Hall–Kier alpha value is -1.08. The topological polar surface area (TPSA) is 87.0 Å². The van der Waals surface area contributed by atoms with Gasteiger partial charge in [-0.15, -0.1) is 0 Å². The first-order valence-corrected chi connectivity index (χ1v) is 5.76. The summed E-state index contributed by atoms with van der Waals surface area (Å²) in [7, 11) is 0. The van der Waals surface area contributed by atoms with Crippen molar-refractivity contribution in [3.8, 4) is 0 Å². The minimum atomic E-state index is -0.409. The Bertz CT molecular complexity index is 339. The van der Waals surface area contributed by atoms with E-state index in [1.165, 1.54) is 6.20 Å². The van der Waals surface area contributed by atoms with Crippen molar-refractivity contribution >= 4 is 17.6 Å². The third kappa shape index (κ3) is 3.21. The van der Waals surface area contributed by atoms with Gasteiger partial charge in [-0.25, -0.2) is 9.55 Å². The Morgan fingerprint density at radius 3 is 3.00 bits per heavy atom. The fraction of sp³-hybridized carbons (Fsp3) is 0.625. The van der Waals surface area contributed by atoms with Gasteiger partial charge in [0.1, 0.15) is 12.7 Å². The van der Waals surface area contributed by atoms with E-state index in [1.54, 1.807) is 23.3 Å². The van der Waals surface area contributed by atoms with Gasteiger partial charge in [-0.2, -0.15) is 11.8 Å². The van der Waals surface area contributed by atoms with E-state index >= 15 is 0 Å². The molecular weight excluding hydrogens is 216 g/mol. The number of nitrogens with two attached hydrogens (primary N) is 1. The van der Waals surface area contributed by atoms with Crippen LogP contribution in [0.15, 0.2) is 6.20 Å². The van der Waals surface area contributed by atoms with E-state index in [2.05, 4.69) is 4.98 Å². The molecule has 0 radical (unpaired) electrons. The van der Waals surface area contributed by atoms with Crippen LogP contribution in [0.1, 0.15) is 5.82 Å². The normalized spacial score (nSPS) is 10.5. The summed E-state index contributed by atoms with van der Waals surface area (Å²) in [6, 6.07) is 0. The standard InChI is InChI=1S/C8H14N4O2S/c1-7-10-6-8(12(13)14)11(7)3-5-15-4-2-9/h6H,2-5,9H2,1H3. The molecule has 0 amide bonds. The Kier molecular flexibility index (Phi) is 4.57. The van der Waals surface area contributed by atoms with Crippen molar-refractivity contribution in [1.82, 2.24) is 9.55 Å². The van der Waals surface area contributed by atoms with Crippen molar-refractivity contribution in [3.05, 3.63) is 22.1 Å². The van der Waals surface area contributed by atoms with Gasteiger partial charge in [0.2, 0.25) is 0 Å². The maximum atomic E-state index is 10.6. The summed E-state index contributed by atoms with van der Waals surface area (Å²) in [4.78, 5) is 14.2. The van der Waals surface area contributed by atoms with E-state index in [-0.39, 0.29) is 5.82 Å². The van der Waals surface area contributed by atoms with Gasteiger partial charge in [-0.1, -0.05) is 0 Å². The number of hydrogen-bond acceptors (Lipinski definition) is 5. The summed E-state index contributed by atoms with van der Waals surface area (Å²) in [5, 5.41) is 10.6. The first-order valence-electron chi connectivity index (χ1n) is 4.61. The number of nitrogens with zero attached hydrogens (tertiary/aromatic N) is 3. The highest BCUT2D eigenvalue weighted by atomic mass is 32.2. The van der Waals surface area contributed by atoms with Crippen LogP contribution in [0.5, 0.6) is 0 Å². The molecule has 2 N–H and O–H groups in total. The van der Waals surface area contributed by atoms with Crippen molar-refractivity contribution in [1.29, 1.82) is 0 Å². The summed E-state index contributed by atoms with van der Waals surface area (Å²) in [6.07, 6.45) is 1.29. The molecule has 1 rings (SSSR count). The van der Waals surface area contributed by atoms with Crippen molar-refractivity contribution in [3.63, 3.8) is 0 Å². The first kappa shape index (κ1) is 12.0. The van der Waals surface area contributed by atoms with E-state index in [9.17, 15) is 10.1 Å². The summed E-state index contributed by atoms with van der Waals surface area (Å²) < 4.78 is 1.61. The predicted molar refractivity (Wildman–Crippen MR) is 60.0 cm³/mol. The van der Waals surface area contributed by atoms with Gasteiger partial charge < -0.3 is 15.8 Å². The van der Waals surface area contributed by atoms with Crippen molar-refractivity contribution in [2.45, 2.75) is 13.5 Å². The van der Waals surface area contributed by atoms with E-state index in [1.807, 2.05) is 0 Å². The second-order valence-corrected chi connectivity index (χ2v) is 4.20. The monoisotopic (exact) mass is 230 g/mol. The smallest absolute Gasteiger partial charge is 0.342 e. The van der Waals surface area contributed by atoms with Gasteiger partial charge >= 0.3 is 5.82 Å². The van der Waals surface area contributed by atoms with E-state index in [0.717, 1.165) is 11.5 Å². The molecular formula is C8H14N4O2S. The molecule has 0 unspecified atom stereocenters. The van der Waals surface area contributed by atoms with E-state index in [4.69, 9.17) is 5.73 Å². The van der Waals surface area contributed by atoms with Gasteiger partial charge in [-0.05, 0) is 4.92 Å². The highest BCUT2D eigenvalue weighted by molar-refractivity contribution is 7.99. The SMILES string of the molecule is Cc1ncc([N+](=O)[O-])n1CCSCCN. The molecule has 7 heteroatoms. The molecule has 84 valence electrons. The van der Waals surface area contributed by atoms with E-state index < -0.39 is 4.92 Å². The zero-order valence-electron chi connectivity index (χ0n) is 8.55. The first-order chi connectivity index (χ1) is 7.16. The number of imidazole rings is 1. The molecule has 0 fully saturated rings. The Morgan fingerprint density at radius 1 is 1.67 bits per heavy atom. The number of thioether (sulfide) groups is 1. The average Bonchev–Trinajstić information content (AvgIpc) is 2.55. The van der Waals surface area contributed by atoms with Gasteiger partial charge in [0.15, 0.2) is 5.82 Å². The number of rotatable bonds is 6. The molecule has 0 saturated carbocycles. The molecule has 6 nitrogen and oxygen atoms in total. The number of nitro groups is 1. The van der Waals surface area contributed by atoms with Crippen molar-refractivity contribution < 1.29 is 4.92 Å². The van der Waals surface area contributed by atoms with Gasteiger partial charge in [0.05, 0.1) is 0 Å². The molecule has 1 aromatic heterocycles. The third-order valence-electron chi connectivity index (χ3n) is 1.94. The van der Waals surface area contributed by atoms with Crippen LogP contribution < -0.4 is 5.73 Å². The number of aryl methyl sites for hydroxylation is 1. The Balaban J connectivity index is 2.58. The molecule has 0 saturated heterocycles. The zero-order valence-corrected chi connectivity index (χ0v) is 9.37. The summed E-state index contributed by atoms with van der Waals surface area (Å²) in [6.45, 7) is 3.00. The molecule has 1 heterocycles. The van der Waals surface area contributed by atoms with Crippen LogP contribution in [-0.2, 0) is 6.54 Å². The van der Waals surface area contributed by atoms with Crippen LogP contribution in [0.4, 0.5) is 5.82 Å². The molecule has 0 aliphatic heterocycles. The van der Waals surface area contributed by atoms with Crippen LogP contribution in [0.3, 0.4) is 0 Å². The second-order valence-electron chi connectivity index (χ2n) is 2.97. The predicted octanol–water partition coefficient (Wildman–Crippen LogP) is 0.792. The Labute approximate surface area is 92.0 Å². The summed E-state index contributed by atoms with van der Waals surface area (Å²) in [5.41, 5.74) is 5.35. The average molecular weight is 230 g/mol. The third-order valence-corrected chi connectivity index (χ3v) is 2.94. The van der Waals surface area contributed by atoms with Gasteiger partial charge in [0.25, 0.3) is 0 Å². The van der Waals surface area contributed by atoms with Crippen LogP contribution >= 0.6 is 11.8 Å². The molecule has 0 aliphatic rings. The fourth-order valence-corrected chi connectivity index (χ4v) is 1.90. The van der Waals surface area contributed by atoms with E-state index in [0.29, 0.717) is 18.9 Å². The van der Waals surface area contributed by atoms with Crippen molar-refractivity contribution in [2.75, 3.05) is 18.1 Å². The van der Waals surface area contributed by atoms with Gasteiger partial charge in [-0.3, -0.25) is 0 Å². The number of aromatic nitrogens is 2. The lowest BCUT2D eigenvalue weighted by molar-refractivity contribution is -0.392. The quantitative estimate of drug-likeness (QED) is 0.443. The lowest BCUT2D eigenvalue weighted by Gasteiger charge is -2.02. The maximum absolute atomic E-state index is 10.6. The molecule has 0 bridgehead atoms. The van der Waals surface area contributed by atoms with Crippen molar-refractivity contribution in [2.24, 2.45) is 5.73 Å². The largest absolute Gasteiger partial charge is 0.358 e. The van der Waals surface area contributed by atoms with Gasteiger partial charge in [0, 0.05) is 25.0 Å². The Morgan fingerprint density at radius 2 is 2.40 bits per heavy atom. The molecule has 15 heavy (non-hydrogen) atoms. The summed E-state index contributed by atoms with van der Waals surface area (Å²) in [5.74, 6) is 2.42. The zero-order chi connectivity index (χ0) is 11.3. The summed E-state index contributed by atoms with van der Waals surface area (Å²) >= 11 is 1.68. The lowest BCUT2D eigenvalue weighted by atomic mass is 10.6. The highest BCUT2D eigenvalue weighted by Crippen LogP contribution is 2.14. The maximum Gasteiger partial charge on any atom is 0.342 e. The van der Waals surface area contributed by atoms with Crippen LogP contribution in [0.2, 0.25) is 0 Å². The molecule has 0 aliphatic carbocycles. The number of hydrogen-bond donors (Lipinski definition) is 1. The molecule has 1 aromatic rings. The fourth-order valence-electron chi connectivity index (χ4n) is 1.22. The van der Waals surface area contributed by atoms with Crippen LogP contribution in [0.25, 0.3) is 0 Å². The minimum Gasteiger partial charge on any atom is -0.358 e. The molecule has 0 spiro atoms. The molecule has 0 aromatic carbocycles.